The van der Waals surface area contributed by atoms with E-state index in [0.717, 1.165) is 54.9 Å². The van der Waals surface area contributed by atoms with Gasteiger partial charge in [-0.25, -0.2) is 0 Å². The predicted octanol–water partition coefficient (Wildman–Crippen LogP) is 7.25. The van der Waals surface area contributed by atoms with Crippen LogP contribution in [0.5, 0.6) is 0 Å². The van der Waals surface area contributed by atoms with Gasteiger partial charge in [-0.05, 0) is 117 Å². The molecule has 1 aromatic rings. The summed E-state index contributed by atoms with van der Waals surface area (Å²) in [5, 5.41) is 21.4. The van der Waals surface area contributed by atoms with Crippen molar-refractivity contribution >= 4 is 0 Å². The van der Waals surface area contributed by atoms with Crippen LogP contribution in [0, 0.1) is 40.4 Å². The van der Waals surface area contributed by atoms with Gasteiger partial charge in [-0.15, -0.1) is 0 Å². The molecule has 2 N–H and O–H groups in total. The van der Waals surface area contributed by atoms with Crippen molar-refractivity contribution in [2.45, 2.75) is 104 Å². The summed E-state index contributed by atoms with van der Waals surface area (Å²) >= 11 is 0. The number of fused-ring (bicyclic) bond motifs is 5. The van der Waals surface area contributed by atoms with Crippen molar-refractivity contribution in [3.05, 3.63) is 47.5 Å². The summed E-state index contributed by atoms with van der Waals surface area (Å²) in [7, 11) is 0. The van der Waals surface area contributed by atoms with Crippen molar-refractivity contribution in [3.63, 3.8) is 0 Å². The molecule has 0 aromatic heterocycles. The third-order valence-corrected chi connectivity index (χ3v) is 11.3. The zero-order chi connectivity index (χ0) is 23.4. The van der Waals surface area contributed by atoms with E-state index >= 15 is 0 Å². The van der Waals surface area contributed by atoms with Crippen LogP contribution >= 0.6 is 0 Å². The third kappa shape index (κ3) is 3.94. The first-order valence-electron chi connectivity index (χ1n) is 13.8. The van der Waals surface area contributed by atoms with Gasteiger partial charge < -0.3 is 10.2 Å². The maximum Gasteiger partial charge on any atom is 0.0868 e. The molecular formula is C31H46O2. The van der Waals surface area contributed by atoms with Gasteiger partial charge in [0.05, 0.1) is 11.7 Å². The largest absolute Gasteiger partial charge is 0.393 e. The third-order valence-electron chi connectivity index (χ3n) is 11.3. The van der Waals surface area contributed by atoms with Crippen LogP contribution in [0.3, 0.4) is 0 Å². The van der Waals surface area contributed by atoms with Crippen molar-refractivity contribution in [1.29, 1.82) is 0 Å². The van der Waals surface area contributed by atoms with E-state index in [-0.39, 0.29) is 6.10 Å². The Morgan fingerprint density at radius 1 is 1.03 bits per heavy atom. The number of hydrogen-bond donors (Lipinski definition) is 2. The van der Waals surface area contributed by atoms with E-state index in [1.165, 1.54) is 38.5 Å². The smallest absolute Gasteiger partial charge is 0.0868 e. The number of rotatable bonds is 5. The fraction of sp³-hybridized carbons (Fsp3) is 0.742. The molecule has 0 aliphatic heterocycles. The second kappa shape index (κ2) is 8.52. The molecule has 0 unspecified atom stereocenters. The van der Waals surface area contributed by atoms with E-state index in [9.17, 15) is 10.2 Å². The minimum atomic E-state index is -0.739. The highest BCUT2D eigenvalue weighted by molar-refractivity contribution is 5.25. The van der Waals surface area contributed by atoms with Gasteiger partial charge in [0.1, 0.15) is 0 Å². The SMILES string of the molecule is C[C@H](CC[C@@](C)(O)c1ccccc1)[C@@H]1CC[C@@H]2[C@H]3CC=C4C[C@@H](O)CC[C@]4(C)[C@@H]3CC[C@@]21C. The standard InChI is InChI=1S/C31H46O2/c1-21(14-19-31(4,33)22-8-6-5-7-9-22)26-12-13-27-25-11-10-23-20-24(32)15-17-29(23,2)28(25)16-18-30(26,27)3/h5-10,21,24-28,32-33H,11-20H2,1-4H3/t21-,24+,25-,26+,27-,28-,29+,30-,31-/m1/s1. The van der Waals surface area contributed by atoms with Crippen LogP contribution in [0.15, 0.2) is 42.0 Å². The first-order valence-corrected chi connectivity index (χ1v) is 13.8. The number of hydrogen-bond acceptors (Lipinski definition) is 2. The van der Waals surface area contributed by atoms with E-state index in [2.05, 4.69) is 39.0 Å². The van der Waals surface area contributed by atoms with Gasteiger partial charge in [-0.2, -0.15) is 0 Å². The quantitative estimate of drug-likeness (QED) is 0.464. The first kappa shape index (κ1) is 23.6. The summed E-state index contributed by atoms with van der Waals surface area (Å²) in [6, 6.07) is 10.2. The Morgan fingerprint density at radius 3 is 2.55 bits per heavy atom. The van der Waals surface area contributed by atoms with E-state index in [4.69, 9.17) is 0 Å². The van der Waals surface area contributed by atoms with Crippen molar-refractivity contribution in [2.24, 2.45) is 40.4 Å². The molecular weight excluding hydrogens is 404 g/mol. The molecule has 0 bridgehead atoms. The normalized spacial score (nSPS) is 43.0. The fourth-order valence-electron chi connectivity index (χ4n) is 9.27. The molecule has 33 heavy (non-hydrogen) atoms. The van der Waals surface area contributed by atoms with Crippen LogP contribution in [-0.2, 0) is 5.60 Å². The molecule has 3 fully saturated rings. The second-order valence-corrected chi connectivity index (χ2v) is 13.0. The maximum absolute atomic E-state index is 11.2. The minimum Gasteiger partial charge on any atom is -0.393 e. The molecule has 4 aliphatic rings. The van der Waals surface area contributed by atoms with E-state index in [1.807, 2.05) is 25.1 Å². The highest BCUT2D eigenvalue weighted by Gasteiger charge is 2.59. The van der Waals surface area contributed by atoms with E-state index in [0.29, 0.717) is 16.7 Å². The molecule has 0 spiro atoms. The molecule has 5 rings (SSSR count). The molecule has 1 aromatic carbocycles. The summed E-state index contributed by atoms with van der Waals surface area (Å²) in [5.41, 5.74) is 2.67. The van der Waals surface area contributed by atoms with Crippen LogP contribution in [0.2, 0.25) is 0 Å². The van der Waals surface area contributed by atoms with Crippen LogP contribution in [0.1, 0.15) is 97.5 Å². The zero-order valence-corrected chi connectivity index (χ0v) is 21.4. The number of aliphatic hydroxyl groups is 2. The van der Waals surface area contributed by atoms with Gasteiger partial charge in [-0.3, -0.25) is 0 Å². The van der Waals surface area contributed by atoms with Gasteiger partial charge in [-0.1, -0.05) is 62.8 Å². The lowest BCUT2D eigenvalue weighted by Crippen LogP contribution is -2.50. The molecule has 0 heterocycles. The Bertz CT molecular complexity index is 872. The van der Waals surface area contributed by atoms with Gasteiger partial charge in [0.25, 0.3) is 0 Å². The molecule has 3 saturated carbocycles. The molecule has 0 amide bonds. The van der Waals surface area contributed by atoms with Crippen molar-refractivity contribution in [1.82, 2.24) is 0 Å². The van der Waals surface area contributed by atoms with E-state index in [1.54, 1.807) is 5.57 Å². The maximum atomic E-state index is 11.2. The number of aliphatic hydroxyl groups excluding tert-OH is 1. The highest BCUT2D eigenvalue weighted by atomic mass is 16.3. The Balaban J connectivity index is 1.29. The van der Waals surface area contributed by atoms with Crippen LogP contribution in [0.4, 0.5) is 0 Å². The van der Waals surface area contributed by atoms with Gasteiger partial charge in [0.15, 0.2) is 0 Å². The van der Waals surface area contributed by atoms with Crippen molar-refractivity contribution in [2.75, 3.05) is 0 Å². The lowest BCUT2D eigenvalue weighted by Gasteiger charge is -2.58. The summed E-state index contributed by atoms with van der Waals surface area (Å²) in [6.07, 6.45) is 14.2. The predicted molar refractivity (Wildman–Crippen MR) is 136 cm³/mol. The Labute approximate surface area is 201 Å². The molecule has 0 saturated heterocycles. The monoisotopic (exact) mass is 450 g/mol. The van der Waals surface area contributed by atoms with Gasteiger partial charge in [0, 0.05) is 0 Å². The highest BCUT2D eigenvalue weighted by Crippen LogP contribution is 2.67. The minimum absolute atomic E-state index is 0.112. The number of allylic oxidation sites excluding steroid dienone is 1. The lowest BCUT2D eigenvalue weighted by molar-refractivity contribution is -0.0589. The summed E-state index contributed by atoms with van der Waals surface area (Å²) in [4.78, 5) is 0. The average molecular weight is 451 g/mol. The summed E-state index contributed by atoms with van der Waals surface area (Å²) in [6.45, 7) is 9.62. The van der Waals surface area contributed by atoms with Crippen molar-refractivity contribution in [3.8, 4) is 0 Å². The fourth-order valence-corrected chi connectivity index (χ4v) is 9.27. The summed E-state index contributed by atoms with van der Waals surface area (Å²) in [5.74, 6) is 3.93. The molecule has 2 nitrogen and oxygen atoms in total. The lowest BCUT2D eigenvalue weighted by atomic mass is 9.47. The zero-order valence-electron chi connectivity index (χ0n) is 21.4. The summed E-state index contributed by atoms with van der Waals surface area (Å²) < 4.78 is 0. The van der Waals surface area contributed by atoms with E-state index < -0.39 is 5.60 Å². The van der Waals surface area contributed by atoms with Crippen molar-refractivity contribution < 1.29 is 10.2 Å². The molecule has 2 heteroatoms. The van der Waals surface area contributed by atoms with Crippen LogP contribution < -0.4 is 0 Å². The van der Waals surface area contributed by atoms with Gasteiger partial charge in [0.2, 0.25) is 0 Å². The Hall–Kier alpha value is -1.12. The van der Waals surface area contributed by atoms with Crippen LogP contribution in [-0.4, -0.2) is 16.3 Å². The average Bonchev–Trinajstić information content (AvgIpc) is 3.16. The number of benzene rings is 1. The first-order chi connectivity index (χ1) is 15.6. The molecule has 9 atom stereocenters. The molecule has 182 valence electrons. The Morgan fingerprint density at radius 2 is 1.79 bits per heavy atom. The Kier molecular flexibility index (Phi) is 6.10. The topological polar surface area (TPSA) is 40.5 Å². The second-order valence-electron chi connectivity index (χ2n) is 13.0. The van der Waals surface area contributed by atoms with Gasteiger partial charge >= 0.3 is 0 Å². The molecule has 4 aliphatic carbocycles. The van der Waals surface area contributed by atoms with Crippen LogP contribution in [0.25, 0.3) is 0 Å². The molecule has 0 radical (unpaired) electrons.